The second-order valence-electron chi connectivity index (χ2n) is 5.74. The first-order valence-electron chi connectivity index (χ1n) is 8.62. The van der Waals surface area contributed by atoms with Crippen LogP contribution in [0.5, 0.6) is 0 Å². The Morgan fingerprint density at radius 1 is 0.444 bits per heavy atom. The van der Waals surface area contributed by atoms with Crippen LogP contribution in [0, 0.1) is 0 Å². The average Bonchev–Trinajstić information content (AvgIpc) is 2.39. The maximum atomic E-state index is 2.30. The molecule has 0 unspecified atom stereocenters. The van der Waals surface area contributed by atoms with E-state index in [2.05, 4.69) is 6.92 Å². The normalized spacial score (nSPS) is 11.0. The molecule has 0 bridgehead atoms. The van der Waals surface area contributed by atoms with E-state index in [9.17, 15) is 0 Å². The minimum absolute atomic E-state index is 1.38. The molecule has 0 fully saturated rings. The summed E-state index contributed by atoms with van der Waals surface area (Å²) < 4.78 is 1.50. The van der Waals surface area contributed by atoms with Gasteiger partial charge in [0.25, 0.3) is 0 Å². The standard InChI is InChI=1S/C17H35.Sb.2H/c1-3-5-7-9-11-13-15-17-16-14-12-10-8-6-4-2;;;/h1,3-17H2,2H3;;;. The van der Waals surface area contributed by atoms with E-state index in [1.54, 1.807) is 0 Å². The Morgan fingerprint density at radius 3 is 1.00 bits per heavy atom. The number of unbranched alkanes of at least 4 members (excludes halogenated alkanes) is 14. The number of rotatable bonds is 15. The molecule has 0 rings (SSSR count). The minimum atomic E-state index is 1.38. The van der Waals surface area contributed by atoms with E-state index in [4.69, 9.17) is 0 Å². The van der Waals surface area contributed by atoms with Crippen molar-refractivity contribution in [3.8, 4) is 0 Å². The van der Waals surface area contributed by atoms with Crippen molar-refractivity contribution < 1.29 is 0 Å². The van der Waals surface area contributed by atoms with Crippen molar-refractivity contribution in [2.45, 2.75) is 108 Å². The Hall–Kier alpha value is 0.818. The molecule has 0 aliphatic rings. The molecule has 0 atom stereocenters. The quantitative estimate of drug-likeness (QED) is 0.251. The predicted molar refractivity (Wildman–Crippen MR) is 88.3 cm³/mol. The Labute approximate surface area is 130 Å². The van der Waals surface area contributed by atoms with Crippen LogP contribution < -0.4 is 0 Å². The van der Waals surface area contributed by atoms with Gasteiger partial charge in [0, 0.05) is 0 Å². The first kappa shape index (κ1) is 18.8. The van der Waals surface area contributed by atoms with Crippen molar-refractivity contribution in [1.29, 1.82) is 0 Å². The van der Waals surface area contributed by atoms with Crippen LogP contribution in [0.2, 0.25) is 4.37 Å². The summed E-state index contributed by atoms with van der Waals surface area (Å²) in [6.45, 7) is 2.30. The predicted octanol–water partition coefficient (Wildman–Crippen LogP) is 5.91. The van der Waals surface area contributed by atoms with Crippen LogP contribution in [-0.2, 0) is 0 Å². The molecule has 0 heterocycles. The summed E-state index contributed by atoms with van der Waals surface area (Å²) in [5.74, 6) is 0. The molecule has 18 heavy (non-hydrogen) atoms. The van der Waals surface area contributed by atoms with Crippen molar-refractivity contribution >= 4 is 23.0 Å². The van der Waals surface area contributed by atoms with Crippen LogP contribution in [0.4, 0.5) is 0 Å². The molecule has 0 saturated heterocycles. The third kappa shape index (κ3) is 16.8. The van der Waals surface area contributed by atoms with Gasteiger partial charge in [0.15, 0.2) is 0 Å². The topological polar surface area (TPSA) is 0 Å². The Morgan fingerprint density at radius 2 is 0.722 bits per heavy atom. The van der Waals surface area contributed by atoms with Crippen LogP contribution >= 0.6 is 0 Å². The molecule has 0 aromatic heterocycles. The van der Waals surface area contributed by atoms with E-state index in [-0.39, 0.29) is 0 Å². The fourth-order valence-electron chi connectivity index (χ4n) is 2.52. The average molecular weight is 363 g/mol. The van der Waals surface area contributed by atoms with Gasteiger partial charge in [0.2, 0.25) is 0 Å². The maximum absolute atomic E-state index is 2.30. The van der Waals surface area contributed by atoms with E-state index in [0.717, 1.165) is 0 Å². The van der Waals surface area contributed by atoms with Gasteiger partial charge in [-0.3, -0.25) is 0 Å². The Balaban J connectivity index is 2.86. The molecular formula is C17H37Sb. The second-order valence-corrected chi connectivity index (χ2v) is 7.39. The number of hydrogen-bond acceptors (Lipinski definition) is 0. The zero-order chi connectivity index (χ0) is 13.3. The summed E-state index contributed by atoms with van der Waals surface area (Å²) in [7, 11) is 0. The molecule has 110 valence electrons. The van der Waals surface area contributed by atoms with E-state index in [0.29, 0.717) is 0 Å². The van der Waals surface area contributed by atoms with Gasteiger partial charge in [-0.05, 0) is 0 Å². The SMILES string of the molecule is CCCCCCCCCCCCCCCC[CH2][SbH2]. The third-order valence-electron chi connectivity index (χ3n) is 3.81. The fourth-order valence-corrected chi connectivity index (χ4v) is 3.34. The summed E-state index contributed by atoms with van der Waals surface area (Å²) in [6.07, 6.45) is 22.2. The number of hydrogen-bond donors (Lipinski definition) is 0. The molecule has 0 nitrogen and oxygen atoms in total. The van der Waals surface area contributed by atoms with Gasteiger partial charge in [-0.2, -0.15) is 0 Å². The molecule has 0 saturated carbocycles. The summed E-state index contributed by atoms with van der Waals surface area (Å²) in [6, 6.07) is 0. The van der Waals surface area contributed by atoms with Gasteiger partial charge in [-0.25, -0.2) is 0 Å². The van der Waals surface area contributed by atoms with E-state index >= 15 is 0 Å². The van der Waals surface area contributed by atoms with Crippen LogP contribution in [0.25, 0.3) is 0 Å². The molecular weight excluding hydrogens is 326 g/mol. The molecule has 0 amide bonds. The molecule has 0 aromatic carbocycles. The first-order chi connectivity index (χ1) is 8.91. The van der Waals surface area contributed by atoms with Crippen LogP contribution in [0.3, 0.4) is 0 Å². The molecule has 0 radical (unpaired) electrons. The van der Waals surface area contributed by atoms with Gasteiger partial charge in [-0.15, -0.1) is 0 Å². The molecule has 0 aliphatic carbocycles. The van der Waals surface area contributed by atoms with E-state index < -0.39 is 0 Å². The summed E-state index contributed by atoms with van der Waals surface area (Å²) in [5.41, 5.74) is 0. The fraction of sp³-hybridized carbons (Fsp3) is 1.00. The zero-order valence-corrected chi connectivity index (χ0v) is 16.2. The molecule has 0 aromatic rings. The van der Waals surface area contributed by atoms with Gasteiger partial charge < -0.3 is 0 Å². The van der Waals surface area contributed by atoms with E-state index in [1.165, 1.54) is 124 Å². The Bertz CT molecular complexity index is 118. The van der Waals surface area contributed by atoms with Crippen molar-refractivity contribution in [3.05, 3.63) is 0 Å². The van der Waals surface area contributed by atoms with Gasteiger partial charge in [-0.1, -0.05) is 32.6 Å². The summed E-state index contributed by atoms with van der Waals surface area (Å²) in [4.78, 5) is 0. The molecule has 0 spiro atoms. The van der Waals surface area contributed by atoms with Crippen molar-refractivity contribution in [1.82, 2.24) is 0 Å². The van der Waals surface area contributed by atoms with Gasteiger partial charge >= 0.3 is 98.0 Å². The van der Waals surface area contributed by atoms with Crippen LogP contribution in [0.1, 0.15) is 103 Å². The monoisotopic (exact) mass is 362 g/mol. The third-order valence-corrected chi connectivity index (χ3v) is 4.97. The Kier molecular flexibility index (Phi) is 18.6. The van der Waals surface area contributed by atoms with Crippen molar-refractivity contribution in [3.63, 3.8) is 0 Å². The first-order valence-corrected chi connectivity index (χ1v) is 10.9. The summed E-state index contributed by atoms with van der Waals surface area (Å²) in [5, 5.41) is 0. The van der Waals surface area contributed by atoms with Crippen LogP contribution in [0.15, 0.2) is 0 Å². The molecule has 0 aliphatic heterocycles. The van der Waals surface area contributed by atoms with Crippen molar-refractivity contribution in [2.24, 2.45) is 0 Å². The van der Waals surface area contributed by atoms with Crippen molar-refractivity contribution in [2.75, 3.05) is 0 Å². The van der Waals surface area contributed by atoms with Crippen LogP contribution in [-0.4, -0.2) is 23.0 Å². The van der Waals surface area contributed by atoms with Gasteiger partial charge in [0.05, 0.1) is 0 Å². The molecule has 0 N–H and O–H groups in total. The van der Waals surface area contributed by atoms with Gasteiger partial charge in [0.1, 0.15) is 0 Å². The second kappa shape index (κ2) is 17.8. The summed E-state index contributed by atoms with van der Waals surface area (Å²) >= 11 is 1.47. The van der Waals surface area contributed by atoms with E-state index in [1.807, 2.05) is 0 Å². The molecule has 1 heteroatoms. The zero-order valence-electron chi connectivity index (χ0n) is 12.9.